The number of halogens is 3. The number of carbonyl (C=O) groups is 1. The van der Waals surface area contributed by atoms with Crippen LogP contribution >= 0.6 is 0 Å². The van der Waals surface area contributed by atoms with Crippen LogP contribution in [0.5, 0.6) is 5.75 Å². The average Bonchev–Trinajstić information content (AvgIpc) is 2.65. The van der Waals surface area contributed by atoms with Crippen LogP contribution in [0.3, 0.4) is 0 Å². The number of rotatable bonds is 6. The van der Waals surface area contributed by atoms with Crippen molar-refractivity contribution in [3.8, 4) is 5.75 Å². The van der Waals surface area contributed by atoms with Gasteiger partial charge < -0.3 is 10.1 Å². The van der Waals surface area contributed by atoms with Crippen LogP contribution in [0, 0.1) is 0 Å². The molecule has 0 heterocycles. The molecule has 3 rings (SSSR count). The van der Waals surface area contributed by atoms with Crippen LogP contribution < -0.4 is 10.1 Å². The molecule has 0 aromatic heterocycles. The minimum atomic E-state index is -4.42. The van der Waals surface area contributed by atoms with Crippen molar-refractivity contribution in [3.63, 3.8) is 0 Å². The SMILES string of the molecule is O=C(Cc1cccc(C(F)(F)F)c1)NCCOc1ccc2ccccc2c1. The van der Waals surface area contributed by atoms with Gasteiger partial charge in [0.1, 0.15) is 12.4 Å². The fourth-order valence-electron chi connectivity index (χ4n) is 2.72. The first-order valence-electron chi connectivity index (χ1n) is 8.46. The largest absolute Gasteiger partial charge is 0.492 e. The van der Waals surface area contributed by atoms with E-state index in [2.05, 4.69) is 5.32 Å². The fourth-order valence-corrected chi connectivity index (χ4v) is 2.72. The van der Waals surface area contributed by atoms with Crippen molar-refractivity contribution in [2.75, 3.05) is 13.2 Å². The standard InChI is InChI=1S/C21H18F3NO2/c22-21(23,24)18-7-3-4-15(12-18)13-20(26)25-10-11-27-19-9-8-16-5-1-2-6-17(16)14-19/h1-9,12,14H,10-11,13H2,(H,25,26). The Bertz CT molecular complexity index is 938. The van der Waals surface area contributed by atoms with E-state index in [0.717, 1.165) is 22.9 Å². The number of benzene rings is 3. The fraction of sp³-hybridized carbons (Fsp3) is 0.190. The van der Waals surface area contributed by atoms with Crippen LogP contribution in [-0.4, -0.2) is 19.1 Å². The predicted molar refractivity (Wildman–Crippen MR) is 97.6 cm³/mol. The second kappa shape index (κ2) is 8.12. The van der Waals surface area contributed by atoms with Crippen molar-refractivity contribution in [1.29, 1.82) is 0 Å². The van der Waals surface area contributed by atoms with Gasteiger partial charge in [0.05, 0.1) is 18.5 Å². The van der Waals surface area contributed by atoms with Gasteiger partial charge in [-0.15, -0.1) is 0 Å². The molecule has 0 fully saturated rings. The minimum Gasteiger partial charge on any atom is -0.492 e. The lowest BCUT2D eigenvalue weighted by atomic mass is 10.1. The van der Waals surface area contributed by atoms with Crippen molar-refractivity contribution < 1.29 is 22.7 Å². The summed E-state index contributed by atoms with van der Waals surface area (Å²) in [7, 11) is 0. The van der Waals surface area contributed by atoms with Gasteiger partial charge in [0, 0.05) is 0 Å². The molecule has 6 heteroatoms. The van der Waals surface area contributed by atoms with Gasteiger partial charge in [-0.1, -0.05) is 48.5 Å². The number of hydrogen-bond donors (Lipinski definition) is 1. The van der Waals surface area contributed by atoms with E-state index < -0.39 is 11.7 Å². The normalized spacial score (nSPS) is 11.4. The van der Waals surface area contributed by atoms with E-state index in [1.54, 1.807) is 0 Å². The number of fused-ring (bicyclic) bond motifs is 1. The molecule has 140 valence electrons. The first-order valence-corrected chi connectivity index (χ1v) is 8.46. The zero-order valence-electron chi connectivity index (χ0n) is 14.4. The first-order chi connectivity index (χ1) is 12.9. The summed E-state index contributed by atoms with van der Waals surface area (Å²) in [5.41, 5.74) is -0.440. The van der Waals surface area contributed by atoms with Gasteiger partial charge in [0.25, 0.3) is 0 Å². The molecule has 27 heavy (non-hydrogen) atoms. The maximum absolute atomic E-state index is 12.7. The Morgan fingerprint density at radius 3 is 2.48 bits per heavy atom. The smallest absolute Gasteiger partial charge is 0.416 e. The van der Waals surface area contributed by atoms with E-state index >= 15 is 0 Å². The van der Waals surface area contributed by atoms with Crippen LogP contribution in [0.1, 0.15) is 11.1 Å². The zero-order chi connectivity index (χ0) is 19.3. The first kappa shape index (κ1) is 18.8. The molecule has 3 aromatic carbocycles. The van der Waals surface area contributed by atoms with Gasteiger partial charge >= 0.3 is 6.18 Å². The molecule has 0 aliphatic heterocycles. The topological polar surface area (TPSA) is 38.3 Å². The Hall–Kier alpha value is -3.02. The van der Waals surface area contributed by atoms with Gasteiger partial charge in [0.15, 0.2) is 0 Å². The maximum atomic E-state index is 12.7. The van der Waals surface area contributed by atoms with Crippen LogP contribution in [0.4, 0.5) is 13.2 Å². The molecule has 0 saturated heterocycles. The summed E-state index contributed by atoms with van der Waals surface area (Å²) < 4.78 is 43.7. The quantitative estimate of drug-likeness (QED) is 0.642. The van der Waals surface area contributed by atoms with Crippen LogP contribution in [0.25, 0.3) is 10.8 Å². The summed E-state index contributed by atoms with van der Waals surface area (Å²) in [5, 5.41) is 4.82. The third kappa shape index (κ3) is 5.23. The number of nitrogens with one attached hydrogen (secondary N) is 1. The number of alkyl halides is 3. The second-order valence-corrected chi connectivity index (χ2v) is 6.08. The van der Waals surface area contributed by atoms with E-state index in [1.165, 1.54) is 12.1 Å². The zero-order valence-corrected chi connectivity index (χ0v) is 14.4. The van der Waals surface area contributed by atoms with Gasteiger partial charge in [-0.3, -0.25) is 4.79 Å². The molecular formula is C21H18F3NO2. The molecule has 0 bridgehead atoms. The number of carbonyl (C=O) groups excluding carboxylic acids is 1. The van der Waals surface area contributed by atoms with Gasteiger partial charge in [-0.2, -0.15) is 13.2 Å². The highest BCUT2D eigenvalue weighted by Gasteiger charge is 2.30. The van der Waals surface area contributed by atoms with Gasteiger partial charge in [0.2, 0.25) is 5.91 Å². The van der Waals surface area contributed by atoms with E-state index in [9.17, 15) is 18.0 Å². The highest BCUT2D eigenvalue weighted by Crippen LogP contribution is 2.29. The molecule has 0 atom stereocenters. The molecule has 0 aliphatic carbocycles. The third-order valence-electron chi connectivity index (χ3n) is 4.03. The van der Waals surface area contributed by atoms with E-state index in [4.69, 9.17) is 4.74 Å². The molecule has 1 N–H and O–H groups in total. The van der Waals surface area contributed by atoms with Crippen molar-refractivity contribution in [1.82, 2.24) is 5.32 Å². The van der Waals surface area contributed by atoms with E-state index in [1.807, 2.05) is 42.5 Å². The van der Waals surface area contributed by atoms with Crippen LogP contribution in [0.15, 0.2) is 66.7 Å². The molecule has 0 unspecified atom stereocenters. The Kier molecular flexibility index (Phi) is 5.64. The summed E-state index contributed by atoms with van der Waals surface area (Å²) in [6.07, 6.45) is -4.53. The Labute approximate surface area is 154 Å². The Morgan fingerprint density at radius 1 is 0.926 bits per heavy atom. The highest BCUT2D eigenvalue weighted by atomic mass is 19.4. The van der Waals surface area contributed by atoms with E-state index in [-0.39, 0.29) is 25.5 Å². The molecule has 3 aromatic rings. The second-order valence-electron chi connectivity index (χ2n) is 6.08. The van der Waals surface area contributed by atoms with Crippen LogP contribution in [-0.2, 0) is 17.4 Å². The number of amides is 1. The van der Waals surface area contributed by atoms with Crippen LogP contribution in [0.2, 0.25) is 0 Å². The molecular weight excluding hydrogens is 355 g/mol. The van der Waals surface area contributed by atoms with E-state index in [0.29, 0.717) is 11.3 Å². The maximum Gasteiger partial charge on any atom is 0.416 e. The van der Waals surface area contributed by atoms with Crippen molar-refractivity contribution in [2.45, 2.75) is 12.6 Å². The van der Waals surface area contributed by atoms with Crippen molar-refractivity contribution >= 4 is 16.7 Å². The van der Waals surface area contributed by atoms with Crippen molar-refractivity contribution in [2.24, 2.45) is 0 Å². The highest BCUT2D eigenvalue weighted by molar-refractivity contribution is 5.83. The summed E-state index contributed by atoms with van der Waals surface area (Å²) in [5.74, 6) is 0.345. The Balaban J connectivity index is 1.47. The molecule has 0 aliphatic rings. The average molecular weight is 373 g/mol. The van der Waals surface area contributed by atoms with Gasteiger partial charge in [-0.05, 0) is 34.5 Å². The number of hydrogen-bond acceptors (Lipinski definition) is 2. The van der Waals surface area contributed by atoms with Gasteiger partial charge in [-0.25, -0.2) is 0 Å². The third-order valence-corrected chi connectivity index (χ3v) is 4.03. The number of ether oxygens (including phenoxy) is 1. The minimum absolute atomic E-state index is 0.111. The Morgan fingerprint density at radius 2 is 1.70 bits per heavy atom. The molecule has 0 spiro atoms. The summed E-state index contributed by atoms with van der Waals surface area (Å²) >= 11 is 0. The molecule has 1 amide bonds. The lowest BCUT2D eigenvalue weighted by molar-refractivity contribution is -0.137. The summed E-state index contributed by atoms with van der Waals surface area (Å²) in [6.45, 7) is 0.539. The molecule has 0 radical (unpaired) electrons. The lowest BCUT2D eigenvalue weighted by Gasteiger charge is -2.10. The monoisotopic (exact) mass is 373 g/mol. The molecule has 3 nitrogen and oxygen atoms in total. The predicted octanol–water partition coefficient (Wildman–Crippen LogP) is 4.60. The van der Waals surface area contributed by atoms with Crippen molar-refractivity contribution in [3.05, 3.63) is 77.9 Å². The summed E-state index contributed by atoms with van der Waals surface area (Å²) in [6, 6.07) is 18.4. The lowest BCUT2D eigenvalue weighted by Crippen LogP contribution is -2.29. The molecule has 0 saturated carbocycles. The summed E-state index contributed by atoms with van der Waals surface area (Å²) in [4.78, 5) is 11.9.